The number of urea groups is 1. The molecule has 0 saturated carbocycles. The van der Waals surface area contributed by atoms with Gasteiger partial charge in [0.15, 0.2) is 5.54 Å². The van der Waals surface area contributed by atoms with Crippen LogP contribution in [0.25, 0.3) is 0 Å². The van der Waals surface area contributed by atoms with E-state index in [1.54, 1.807) is 55.5 Å². The van der Waals surface area contributed by atoms with Crippen molar-refractivity contribution in [2.75, 3.05) is 13.2 Å². The lowest BCUT2D eigenvalue weighted by atomic mass is 9.84. The van der Waals surface area contributed by atoms with Crippen molar-refractivity contribution in [2.45, 2.75) is 25.0 Å². The highest BCUT2D eigenvalue weighted by Gasteiger charge is 2.55. The topological polar surface area (TPSA) is 84.9 Å². The maximum absolute atomic E-state index is 13.2. The van der Waals surface area contributed by atoms with Gasteiger partial charge in [-0.3, -0.25) is 14.5 Å². The van der Waals surface area contributed by atoms with Crippen LogP contribution in [0.5, 0.6) is 5.75 Å². The minimum Gasteiger partial charge on any atom is -0.493 e. The number of imide groups is 1. The van der Waals surface area contributed by atoms with Crippen LogP contribution in [0, 0.1) is 0 Å². The molecule has 29 heavy (non-hydrogen) atoms. The number of para-hydroxylation sites is 1. The van der Waals surface area contributed by atoms with Crippen LogP contribution in [0.4, 0.5) is 4.79 Å². The van der Waals surface area contributed by atoms with Gasteiger partial charge < -0.3 is 14.8 Å². The smallest absolute Gasteiger partial charge is 0.326 e. The monoisotopic (exact) mass is 414 g/mol. The molecule has 2 atom stereocenters. The summed E-state index contributed by atoms with van der Waals surface area (Å²) >= 11 is 6.13. The number of esters is 1. The first-order valence-electron chi connectivity index (χ1n) is 9.23. The summed E-state index contributed by atoms with van der Waals surface area (Å²) in [7, 11) is 0. The molecule has 2 aliphatic rings. The van der Waals surface area contributed by atoms with E-state index >= 15 is 0 Å². The molecule has 1 fully saturated rings. The fourth-order valence-electron chi connectivity index (χ4n) is 3.75. The number of nitrogens with one attached hydrogen (secondary N) is 1. The average molecular weight is 415 g/mol. The zero-order valence-electron chi connectivity index (χ0n) is 15.7. The first-order chi connectivity index (χ1) is 13.9. The Morgan fingerprint density at radius 3 is 2.76 bits per heavy atom. The Morgan fingerprint density at radius 1 is 1.24 bits per heavy atom. The van der Waals surface area contributed by atoms with Crippen LogP contribution in [0.3, 0.4) is 0 Å². The third-order valence-corrected chi connectivity index (χ3v) is 5.54. The van der Waals surface area contributed by atoms with E-state index in [0.717, 1.165) is 4.90 Å². The number of rotatable bonds is 4. The summed E-state index contributed by atoms with van der Waals surface area (Å²) in [4.78, 5) is 39.0. The number of hydrogen-bond donors (Lipinski definition) is 1. The Hall–Kier alpha value is -3.06. The Labute approximate surface area is 172 Å². The van der Waals surface area contributed by atoms with Crippen LogP contribution < -0.4 is 10.1 Å². The molecule has 0 unspecified atom stereocenters. The predicted octanol–water partition coefficient (Wildman–Crippen LogP) is 3.17. The zero-order chi connectivity index (χ0) is 20.6. The molecule has 150 valence electrons. The third kappa shape index (κ3) is 3.31. The lowest BCUT2D eigenvalue weighted by Crippen LogP contribution is -2.47. The van der Waals surface area contributed by atoms with Gasteiger partial charge in [-0.2, -0.15) is 0 Å². The molecule has 2 aromatic carbocycles. The minimum absolute atomic E-state index is 0.283. The van der Waals surface area contributed by atoms with Crippen LogP contribution in [-0.4, -0.2) is 36.0 Å². The number of carbonyl (C=O) groups excluding carboxylic acids is 3. The van der Waals surface area contributed by atoms with Crippen LogP contribution in [-0.2, 0) is 19.9 Å². The normalized spacial score (nSPS) is 21.4. The molecule has 7 nitrogen and oxygen atoms in total. The molecular weight excluding hydrogens is 396 g/mol. The second-order valence-electron chi connectivity index (χ2n) is 6.98. The molecule has 1 N–H and O–H groups in total. The first kappa shape index (κ1) is 19.3. The van der Waals surface area contributed by atoms with E-state index in [0.29, 0.717) is 21.9 Å². The number of ether oxygens (including phenoxy) is 2. The SMILES string of the molecule is C[C@H](OC(=O)CN1C(=O)N[C@]2(CCOc3ccccc32)C1=O)c1ccccc1Cl. The molecule has 1 saturated heterocycles. The van der Waals surface area contributed by atoms with Crippen LogP contribution in [0.2, 0.25) is 5.02 Å². The van der Waals surface area contributed by atoms with Gasteiger partial charge in [-0.25, -0.2) is 4.79 Å². The van der Waals surface area contributed by atoms with Crippen molar-refractivity contribution < 1.29 is 23.9 Å². The molecule has 2 heterocycles. The zero-order valence-corrected chi connectivity index (χ0v) is 16.4. The summed E-state index contributed by atoms with van der Waals surface area (Å²) < 4.78 is 11.0. The van der Waals surface area contributed by atoms with Gasteiger partial charge in [0.05, 0.1) is 6.61 Å². The van der Waals surface area contributed by atoms with Gasteiger partial charge in [-0.15, -0.1) is 0 Å². The van der Waals surface area contributed by atoms with E-state index in [1.165, 1.54) is 0 Å². The quantitative estimate of drug-likeness (QED) is 0.613. The van der Waals surface area contributed by atoms with E-state index in [2.05, 4.69) is 5.32 Å². The van der Waals surface area contributed by atoms with Gasteiger partial charge in [0.1, 0.15) is 18.4 Å². The number of carbonyl (C=O) groups is 3. The van der Waals surface area contributed by atoms with Crippen molar-refractivity contribution >= 4 is 29.5 Å². The molecule has 0 bridgehead atoms. The molecule has 2 aliphatic heterocycles. The Balaban J connectivity index is 1.51. The fourth-order valence-corrected chi connectivity index (χ4v) is 4.04. The van der Waals surface area contributed by atoms with Crippen LogP contribution in [0.15, 0.2) is 48.5 Å². The number of amides is 3. The Morgan fingerprint density at radius 2 is 1.97 bits per heavy atom. The Kier molecular flexibility index (Phi) is 4.92. The lowest BCUT2D eigenvalue weighted by Gasteiger charge is -2.33. The first-order valence-corrected chi connectivity index (χ1v) is 9.60. The van der Waals surface area contributed by atoms with Crippen molar-refractivity contribution in [1.29, 1.82) is 0 Å². The van der Waals surface area contributed by atoms with Crippen molar-refractivity contribution in [1.82, 2.24) is 10.2 Å². The molecule has 4 rings (SSSR count). The van der Waals surface area contributed by atoms with Crippen molar-refractivity contribution in [3.63, 3.8) is 0 Å². The highest BCUT2D eigenvalue weighted by atomic mass is 35.5. The third-order valence-electron chi connectivity index (χ3n) is 5.20. The van der Waals surface area contributed by atoms with Gasteiger partial charge in [-0.05, 0) is 19.1 Å². The van der Waals surface area contributed by atoms with E-state index in [-0.39, 0.29) is 13.0 Å². The molecule has 1 spiro atoms. The molecule has 3 amide bonds. The van der Waals surface area contributed by atoms with E-state index in [1.807, 2.05) is 0 Å². The number of fused-ring (bicyclic) bond motifs is 2. The molecule has 2 aromatic rings. The highest BCUT2D eigenvalue weighted by molar-refractivity contribution is 6.31. The fraction of sp³-hybridized carbons (Fsp3) is 0.286. The van der Waals surface area contributed by atoms with Gasteiger partial charge in [0.25, 0.3) is 5.91 Å². The molecule has 8 heteroatoms. The number of benzene rings is 2. The van der Waals surface area contributed by atoms with Crippen molar-refractivity contribution in [2.24, 2.45) is 0 Å². The average Bonchev–Trinajstić information content (AvgIpc) is 2.93. The number of nitrogens with zero attached hydrogens (tertiary/aromatic N) is 1. The number of hydrogen-bond acceptors (Lipinski definition) is 5. The maximum Gasteiger partial charge on any atom is 0.326 e. The van der Waals surface area contributed by atoms with Crippen LogP contribution in [0.1, 0.15) is 30.6 Å². The summed E-state index contributed by atoms with van der Waals surface area (Å²) in [5, 5.41) is 3.23. The molecule has 0 aromatic heterocycles. The lowest BCUT2D eigenvalue weighted by molar-refractivity contribution is -0.152. The van der Waals surface area contributed by atoms with E-state index < -0.39 is 36.1 Å². The maximum atomic E-state index is 13.2. The van der Waals surface area contributed by atoms with Gasteiger partial charge in [-0.1, -0.05) is 48.0 Å². The van der Waals surface area contributed by atoms with Crippen LogP contribution >= 0.6 is 11.6 Å². The Bertz CT molecular complexity index is 995. The summed E-state index contributed by atoms with van der Waals surface area (Å²) in [6, 6.07) is 13.4. The molecular formula is C21H19ClN2O5. The van der Waals surface area contributed by atoms with Gasteiger partial charge in [0.2, 0.25) is 0 Å². The summed E-state index contributed by atoms with van der Waals surface area (Å²) in [5.74, 6) is -0.636. The van der Waals surface area contributed by atoms with Gasteiger partial charge >= 0.3 is 12.0 Å². The summed E-state index contributed by atoms with van der Waals surface area (Å²) in [6.07, 6.45) is -0.328. The highest BCUT2D eigenvalue weighted by Crippen LogP contribution is 2.41. The summed E-state index contributed by atoms with van der Waals surface area (Å²) in [5.41, 5.74) is 0.0139. The van der Waals surface area contributed by atoms with E-state index in [9.17, 15) is 14.4 Å². The minimum atomic E-state index is -1.22. The molecule has 0 aliphatic carbocycles. The second kappa shape index (κ2) is 7.40. The largest absolute Gasteiger partial charge is 0.493 e. The van der Waals surface area contributed by atoms with Crippen molar-refractivity contribution in [3.8, 4) is 5.75 Å². The molecule has 0 radical (unpaired) electrons. The summed E-state index contributed by atoms with van der Waals surface area (Å²) in [6.45, 7) is 1.48. The number of halogens is 1. The van der Waals surface area contributed by atoms with Gasteiger partial charge in [0, 0.05) is 22.6 Å². The second-order valence-corrected chi connectivity index (χ2v) is 7.38. The predicted molar refractivity (Wildman–Crippen MR) is 104 cm³/mol. The van der Waals surface area contributed by atoms with Crippen molar-refractivity contribution in [3.05, 3.63) is 64.7 Å². The standard InChI is InChI=1S/C21H19ClN2O5/c1-13(14-6-2-4-8-16(14)22)29-18(25)12-24-19(26)21(23-20(24)27)10-11-28-17-9-5-3-7-15(17)21/h2-9,13H,10-12H2,1H3,(H,23,27)/t13-,21-/m0/s1. The van der Waals surface area contributed by atoms with E-state index in [4.69, 9.17) is 21.1 Å².